The Balaban J connectivity index is 0.00000140. The number of fused-ring (bicyclic) bond motifs is 1. The number of rotatable bonds is 4. The molecule has 2 aromatic carbocycles. The number of hydrogen-bond donors (Lipinski definition) is 1. The third-order valence-corrected chi connectivity index (χ3v) is 5.21. The average molecular weight is 383 g/mol. The number of ether oxygens (including phenoxy) is 1. The Hall–Kier alpha value is -2.17. The number of aromatic nitrogens is 1. The average Bonchev–Trinajstić information content (AvgIpc) is 3.09. The molecule has 0 bridgehead atoms. The third kappa shape index (κ3) is 5.21. The molecule has 1 aliphatic rings. The van der Waals surface area contributed by atoms with Gasteiger partial charge < -0.3 is 14.9 Å². The molecule has 0 aliphatic heterocycles. The fourth-order valence-corrected chi connectivity index (χ4v) is 3.63. The summed E-state index contributed by atoms with van der Waals surface area (Å²) in [7, 11) is 0. The topological polar surface area (TPSA) is 61.3 Å². The molecule has 1 fully saturated rings. The van der Waals surface area contributed by atoms with E-state index in [2.05, 4.69) is 17.1 Å². The molecule has 1 saturated carbocycles. The molecule has 0 spiro atoms. The number of hydrogen-bond acceptors (Lipinski definition) is 4. The van der Waals surface area contributed by atoms with E-state index in [-0.39, 0.29) is 27.0 Å². The van der Waals surface area contributed by atoms with E-state index in [0.29, 0.717) is 12.5 Å². The van der Waals surface area contributed by atoms with Crippen molar-refractivity contribution < 1.29 is 9.15 Å². The van der Waals surface area contributed by atoms with Crippen LogP contribution < -0.4 is 5.73 Å². The minimum absolute atomic E-state index is 0. The molecule has 1 aromatic heterocycles. The van der Waals surface area contributed by atoms with Gasteiger partial charge in [0.1, 0.15) is 5.52 Å². The fraction of sp³-hybridized carbons (Fsp3) is 0.458. The summed E-state index contributed by atoms with van der Waals surface area (Å²) in [5.41, 5.74) is 10.1. The van der Waals surface area contributed by atoms with E-state index in [4.69, 9.17) is 14.9 Å². The summed E-state index contributed by atoms with van der Waals surface area (Å²) >= 11 is 0. The van der Waals surface area contributed by atoms with Gasteiger partial charge in [-0.1, -0.05) is 64.8 Å². The van der Waals surface area contributed by atoms with E-state index < -0.39 is 0 Å². The van der Waals surface area contributed by atoms with Crippen LogP contribution in [0.15, 0.2) is 52.9 Å². The van der Waals surface area contributed by atoms with Crippen LogP contribution in [-0.2, 0) is 11.3 Å². The lowest BCUT2D eigenvalue weighted by Gasteiger charge is -2.26. The fourth-order valence-electron chi connectivity index (χ4n) is 3.63. The number of benzene rings is 2. The first kappa shape index (κ1) is 22.1. The summed E-state index contributed by atoms with van der Waals surface area (Å²) in [5, 5.41) is 0. The van der Waals surface area contributed by atoms with E-state index in [1.165, 1.54) is 25.7 Å². The zero-order valence-corrected chi connectivity index (χ0v) is 15.1. The Bertz CT molecular complexity index is 808. The minimum Gasteiger partial charge on any atom is -0.436 e. The highest BCUT2D eigenvalue weighted by molar-refractivity contribution is 5.75. The highest BCUT2D eigenvalue weighted by Crippen LogP contribution is 2.25. The monoisotopic (exact) mass is 382 g/mol. The molecular formula is C24H34N2O2. The smallest absolute Gasteiger partial charge is 0.227 e. The molecule has 4 rings (SSSR count). The summed E-state index contributed by atoms with van der Waals surface area (Å²) in [6.45, 7) is 0.603. The van der Waals surface area contributed by atoms with Gasteiger partial charge in [0.2, 0.25) is 5.89 Å². The lowest BCUT2D eigenvalue weighted by atomic mass is 9.95. The number of oxazole rings is 1. The van der Waals surface area contributed by atoms with E-state index in [1.54, 1.807) is 0 Å². The summed E-state index contributed by atoms with van der Waals surface area (Å²) in [6, 6.07) is 16.2. The Morgan fingerprint density at radius 3 is 2.39 bits per heavy atom. The molecular weight excluding hydrogens is 348 g/mol. The Morgan fingerprint density at radius 2 is 1.64 bits per heavy atom. The lowest BCUT2D eigenvalue weighted by Crippen LogP contribution is -2.37. The van der Waals surface area contributed by atoms with Gasteiger partial charge >= 0.3 is 0 Å². The molecule has 28 heavy (non-hydrogen) atoms. The summed E-state index contributed by atoms with van der Waals surface area (Å²) in [6.07, 6.45) is 7.36. The number of para-hydroxylation sites is 2. The van der Waals surface area contributed by atoms with Crippen molar-refractivity contribution in [2.75, 3.05) is 0 Å². The Labute approximate surface area is 169 Å². The van der Waals surface area contributed by atoms with E-state index >= 15 is 0 Å². The summed E-state index contributed by atoms with van der Waals surface area (Å²) in [5.74, 6) is 0.653. The van der Waals surface area contributed by atoms with Crippen LogP contribution in [0.1, 0.15) is 58.9 Å². The van der Waals surface area contributed by atoms with Crippen molar-refractivity contribution in [1.82, 2.24) is 4.98 Å². The molecule has 0 radical (unpaired) electrons. The van der Waals surface area contributed by atoms with Crippen molar-refractivity contribution in [3.63, 3.8) is 0 Å². The molecule has 1 aliphatic carbocycles. The third-order valence-electron chi connectivity index (χ3n) is 5.21. The molecule has 152 valence electrons. The second kappa shape index (κ2) is 10.4. The molecule has 0 saturated heterocycles. The first-order chi connectivity index (χ1) is 12.8. The second-order valence-corrected chi connectivity index (χ2v) is 7.19. The van der Waals surface area contributed by atoms with Gasteiger partial charge in [0.15, 0.2) is 5.58 Å². The van der Waals surface area contributed by atoms with Crippen LogP contribution in [0.5, 0.6) is 0 Å². The summed E-state index contributed by atoms with van der Waals surface area (Å²) in [4.78, 5) is 4.55. The predicted octanol–water partition coefficient (Wildman–Crippen LogP) is 6.33. The van der Waals surface area contributed by atoms with Gasteiger partial charge in [0, 0.05) is 11.6 Å². The second-order valence-electron chi connectivity index (χ2n) is 7.19. The molecule has 4 heteroatoms. The van der Waals surface area contributed by atoms with Crippen molar-refractivity contribution in [2.45, 2.75) is 72.1 Å². The van der Waals surface area contributed by atoms with Crippen molar-refractivity contribution >= 4 is 11.1 Å². The molecule has 3 aromatic rings. The van der Waals surface area contributed by atoms with Crippen molar-refractivity contribution in [1.29, 1.82) is 0 Å². The molecule has 2 unspecified atom stereocenters. The van der Waals surface area contributed by atoms with Gasteiger partial charge in [-0.3, -0.25) is 0 Å². The van der Waals surface area contributed by atoms with Crippen molar-refractivity contribution in [3.05, 3.63) is 54.1 Å². The zero-order chi connectivity index (χ0) is 17.8. The van der Waals surface area contributed by atoms with Crippen LogP contribution in [0, 0.1) is 0 Å². The highest BCUT2D eigenvalue weighted by Gasteiger charge is 2.20. The number of nitrogens with two attached hydrogens (primary N) is 1. The molecule has 1 heterocycles. The quantitative estimate of drug-likeness (QED) is 0.572. The van der Waals surface area contributed by atoms with Crippen molar-refractivity contribution in [3.8, 4) is 11.5 Å². The van der Waals surface area contributed by atoms with Crippen LogP contribution in [-0.4, -0.2) is 17.1 Å². The predicted molar refractivity (Wildman–Crippen MR) is 117 cm³/mol. The van der Waals surface area contributed by atoms with Gasteiger partial charge in [-0.15, -0.1) is 0 Å². The van der Waals surface area contributed by atoms with Crippen LogP contribution >= 0.6 is 0 Å². The van der Waals surface area contributed by atoms with Crippen LogP contribution in [0.3, 0.4) is 0 Å². The Kier molecular flexibility index (Phi) is 8.21. The maximum absolute atomic E-state index is 6.30. The van der Waals surface area contributed by atoms with Gasteiger partial charge in [0.05, 0.1) is 12.7 Å². The van der Waals surface area contributed by atoms with Crippen molar-refractivity contribution in [2.24, 2.45) is 5.73 Å². The van der Waals surface area contributed by atoms with E-state index in [9.17, 15) is 0 Å². The Morgan fingerprint density at radius 1 is 0.929 bits per heavy atom. The SMILES string of the molecule is C.C.NC1CCCCCCC1OCc1ccc(-c2nc3ccccc3o2)cc1. The maximum Gasteiger partial charge on any atom is 0.227 e. The number of nitrogens with zero attached hydrogens (tertiary/aromatic N) is 1. The van der Waals surface area contributed by atoms with E-state index in [1.807, 2.05) is 36.4 Å². The van der Waals surface area contributed by atoms with Crippen LogP contribution in [0.2, 0.25) is 0 Å². The molecule has 2 N–H and O–H groups in total. The van der Waals surface area contributed by atoms with E-state index in [0.717, 1.165) is 35.1 Å². The zero-order valence-electron chi connectivity index (χ0n) is 15.1. The first-order valence-corrected chi connectivity index (χ1v) is 9.62. The largest absolute Gasteiger partial charge is 0.436 e. The van der Waals surface area contributed by atoms with Gasteiger partial charge in [-0.2, -0.15) is 0 Å². The molecule has 2 atom stereocenters. The highest BCUT2D eigenvalue weighted by atomic mass is 16.5. The normalized spacial score (nSPS) is 19.9. The minimum atomic E-state index is 0. The van der Waals surface area contributed by atoms with Gasteiger partial charge in [0.25, 0.3) is 0 Å². The lowest BCUT2D eigenvalue weighted by molar-refractivity contribution is 0.0115. The first-order valence-electron chi connectivity index (χ1n) is 9.62. The molecule has 4 nitrogen and oxygen atoms in total. The van der Waals surface area contributed by atoms with Crippen LogP contribution in [0.4, 0.5) is 0 Å². The maximum atomic E-state index is 6.30. The summed E-state index contributed by atoms with van der Waals surface area (Å²) < 4.78 is 12.0. The van der Waals surface area contributed by atoms with Gasteiger partial charge in [-0.05, 0) is 42.7 Å². The van der Waals surface area contributed by atoms with Crippen LogP contribution in [0.25, 0.3) is 22.6 Å². The van der Waals surface area contributed by atoms with Gasteiger partial charge in [-0.25, -0.2) is 4.98 Å². The molecule has 0 amide bonds. The standard InChI is InChI=1S/C22H26N2O2.2CH4/c23-18-7-3-1-2-4-9-20(18)25-15-16-11-13-17(14-12-16)22-24-19-8-5-6-10-21(19)26-22;;/h5-6,8,10-14,18,20H,1-4,7,9,15,23H2;2*1H4.